The van der Waals surface area contributed by atoms with Crippen LogP contribution in [0.2, 0.25) is 0 Å². The minimum Gasteiger partial charge on any atom is -0.494 e. The fourth-order valence-corrected chi connectivity index (χ4v) is 2.25. The fourth-order valence-electron chi connectivity index (χ4n) is 2.25. The minimum absolute atomic E-state index is 0.185. The molecule has 0 heterocycles. The lowest BCUT2D eigenvalue weighted by Gasteiger charge is -2.16. The van der Waals surface area contributed by atoms with Crippen molar-refractivity contribution in [1.29, 1.82) is 0 Å². The first-order valence-electron chi connectivity index (χ1n) is 7.41. The molecule has 0 fully saturated rings. The van der Waals surface area contributed by atoms with Gasteiger partial charge in [0.1, 0.15) is 11.6 Å². The maximum Gasteiger partial charge on any atom is 0.123 e. The van der Waals surface area contributed by atoms with Crippen LogP contribution >= 0.6 is 0 Å². The van der Waals surface area contributed by atoms with Gasteiger partial charge in [0, 0.05) is 17.8 Å². The molecule has 112 valence electrons. The summed E-state index contributed by atoms with van der Waals surface area (Å²) in [5.74, 6) is 0.689. The Morgan fingerprint density at radius 1 is 1.14 bits per heavy atom. The van der Waals surface area contributed by atoms with Gasteiger partial charge in [-0.05, 0) is 49.6 Å². The molecule has 0 aliphatic carbocycles. The van der Waals surface area contributed by atoms with Crippen LogP contribution in [0.4, 0.5) is 10.1 Å². The van der Waals surface area contributed by atoms with E-state index in [0.717, 1.165) is 36.4 Å². The van der Waals surface area contributed by atoms with Gasteiger partial charge in [-0.3, -0.25) is 0 Å². The Morgan fingerprint density at radius 3 is 2.71 bits per heavy atom. The summed E-state index contributed by atoms with van der Waals surface area (Å²) in [5.41, 5.74) is 2.01. The number of benzene rings is 2. The second kappa shape index (κ2) is 7.67. The van der Waals surface area contributed by atoms with Crippen LogP contribution in [0.3, 0.4) is 0 Å². The summed E-state index contributed by atoms with van der Waals surface area (Å²) in [6.07, 6.45) is 1.77. The molecule has 2 nitrogen and oxygen atoms in total. The molecular weight excluding hydrogens is 265 g/mol. The van der Waals surface area contributed by atoms with Crippen molar-refractivity contribution in [3.05, 3.63) is 59.9 Å². The Balaban J connectivity index is 1.94. The van der Waals surface area contributed by atoms with Crippen molar-refractivity contribution in [2.75, 3.05) is 11.9 Å². The maximum atomic E-state index is 13.2. The minimum atomic E-state index is -0.185. The number of halogens is 1. The Morgan fingerprint density at radius 2 is 1.95 bits per heavy atom. The summed E-state index contributed by atoms with van der Waals surface area (Å²) in [4.78, 5) is 0. The summed E-state index contributed by atoms with van der Waals surface area (Å²) in [6.45, 7) is 4.90. The van der Waals surface area contributed by atoms with E-state index < -0.39 is 0 Å². The second-order valence-electron chi connectivity index (χ2n) is 5.26. The van der Waals surface area contributed by atoms with Gasteiger partial charge in [0.15, 0.2) is 0 Å². The summed E-state index contributed by atoms with van der Waals surface area (Å²) in [7, 11) is 0. The van der Waals surface area contributed by atoms with E-state index in [1.165, 1.54) is 6.07 Å². The van der Waals surface area contributed by atoms with Crippen LogP contribution in [0.15, 0.2) is 48.5 Å². The van der Waals surface area contributed by atoms with Gasteiger partial charge in [0.05, 0.1) is 6.61 Å². The molecule has 1 N–H and O–H groups in total. The van der Waals surface area contributed by atoms with Gasteiger partial charge in [0.2, 0.25) is 0 Å². The molecule has 0 radical (unpaired) electrons. The van der Waals surface area contributed by atoms with Crippen molar-refractivity contribution < 1.29 is 9.13 Å². The van der Waals surface area contributed by atoms with Crippen molar-refractivity contribution in [3.63, 3.8) is 0 Å². The van der Waals surface area contributed by atoms with Gasteiger partial charge in [-0.15, -0.1) is 0 Å². The molecule has 2 rings (SSSR count). The second-order valence-corrected chi connectivity index (χ2v) is 5.26. The van der Waals surface area contributed by atoms with Crippen LogP contribution in [-0.4, -0.2) is 12.6 Å². The predicted octanol–water partition coefficient (Wildman–Crippen LogP) is 4.66. The lowest BCUT2D eigenvalue weighted by molar-refractivity contribution is 0.317. The van der Waals surface area contributed by atoms with Gasteiger partial charge in [-0.25, -0.2) is 4.39 Å². The van der Waals surface area contributed by atoms with Crippen molar-refractivity contribution in [1.82, 2.24) is 0 Å². The summed E-state index contributed by atoms with van der Waals surface area (Å²) >= 11 is 0. The zero-order valence-corrected chi connectivity index (χ0v) is 12.6. The largest absolute Gasteiger partial charge is 0.494 e. The zero-order chi connectivity index (χ0) is 15.1. The summed E-state index contributed by atoms with van der Waals surface area (Å²) < 4.78 is 18.8. The van der Waals surface area contributed by atoms with Crippen LogP contribution < -0.4 is 10.1 Å². The first-order chi connectivity index (χ1) is 10.2. The van der Waals surface area contributed by atoms with Gasteiger partial charge in [-0.2, -0.15) is 0 Å². The number of anilines is 1. The van der Waals surface area contributed by atoms with Crippen molar-refractivity contribution in [3.8, 4) is 5.75 Å². The van der Waals surface area contributed by atoms with Crippen molar-refractivity contribution in [2.24, 2.45) is 0 Å². The van der Waals surface area contributed by atoms with E-state index in [-0.39, 0.29) is 11.9 Å². The highest BCUT2D eigenvalue weighted by atomic mass is 19.1. The molecule has 1 atom stereocenters. The number of hydrogen-bond acceptors (Lipinski definition) is 2. The molecule has 3 heteroatoms. The third-order valence-corrected chi connectivity index (χ3v) is 3.15. The molecule has 0 aliphatic heterocycles. The number of nitrogens with one attached hydrogen (secondary N) is 1. The normalized spacial score (nSPS) is 12.0. The highest BCUT2D eigenvalue weighted by Crippen LogP contribution is 2.19. The van der Waals surface area contributed by atoms with E-state index in [1.807, 2.05) is 30.3 Å². The smallest absolute Gasteiger partial charge is 0.123 e. The Labute approximate surface area is 126 Å². The molecule has 0 aliphatic rings. The van der Waals surface area contributed by atoms with Crippen LogP contribution in [0.5, 0.6) is 5.75 Å². The van der Waals surface area contributed by atoms with Gasteiger partial charge in [0.25, 0.3) is 0 Å². The molecule has 21 heavy (non-hydrogen) atoms. The molecule has 0 spiro atoms. The zero-order valence-electron chi connectivity index (χ0n) is 12.6. The predicted molar refractivity (Wildman–Crippen MR) is 85.4 cm³/mol. The van der Waals surface area contributed by atoms with Crippen LogP contribution in [-0.2, 0) is 6.42 Å². The standard InChI is InChI=1S/C18H22FNO/c1-3-10-21-18-9-5-8-17(13-18)20-14(2)11-15-6-4-7-16(19)12-15/h4-9,12-14,20H,3,10-11H2,1-2H3. The van der Waals surface area contributed by atoms with Crippen LogP contribution in [0.1, 0.15) is 25.8 Å². The van der Waals surface area contributed by atoms with Crippen molar-refractivity contribution in [2.45, 2.75) is 32.7 Å². The van der Waals surface area contributed by atoms with Crippen molar-refractivity contribution >= 4 is 5.69 Å². The van der Waals surface area contributed by atoms with Gasteiger partial charge in [-0.1, -0.05) is 25.1 Å². The maximum absolute atomic E-state index is 13.2. The number of hydrogen-bond donors (Lipinski definition) is 1. The SMILES string of the molecule is CCCOc1cccc(NC(C)Cc2cccc(F)c2)c1. The topological polar surface area (TPSA) is 21.3 Å². The summed E-state index contributed by atoms with van der Waals surface area (Å²) in [6, 6.07) is 14.9. The van der Waals surface area contributed by atoms with E-state index in [1.54, 1.807) is 12.1 Å². The molecule has 2 aromatic rings. The fraction of sp³-hybridized carbons (Fsp3) is 0.333. The van der Waals surface area contributed by atoms with Gasteiger partial charge >= 0.3 is 0 Å². The third kappa shape index (κ3) is 5.10. The molecule has 1 unspecified atom stereocenters. The highest BCUT2D eigenvalue weighted by molar-refractivity contribution is 5.49. The first-order valence-corrected chi connectivity index (χ1v) is 7.41. The van der Waals surface area contributed by atoms with Crippen LogP contribution in [0.25, 0.3) is 0 Å². The van der Waals surface area contributed by atoms with Crippen LogP contribution in [0, 0.1) is 5.82 Å². The summed E-state index contributed by atoms with van der Waals surface area (Å²) in [5, 5.41) is 3.42. The quantitative estimate of drug-likeness (QED) is 0.800. The van der Waals surface area contributed by atoms with Gasteiger partial charge < -0.3 is 10.1 Å². The van der Waals surface area contributed by atoms with E-state index in [0.29, 0.717) is 0 Å². The first kappa shape index (κ1) is 15.4. The Bertz CT molecular complexity index is 571. The van der Waals surface area contributed by atoms with E-state index in [4.69, 9.17) is 4.74 Å². The monoisotopic (exact) mass is 287 g/mol. The average molecular weight is 287 g/mol. The lowest BCUT2D eigenvalue weighted by Crippen LogP contribution is -2.18. The average Bonchev–Trinajstić information content (AvgIpc) is 2.45. The van der Waals surface area contributed by atoms with E-state index >= 15 is 0 Å². The van der Waals surface area contributed by atoms with E-state index in [2.05, 4.69) is 19.2 Å². The molecule has 0 saturated carbocycles. The highest BCUT2D eigenvalue weighted by Gasteiger charge is 2.05. The number of rotatable bonds is 7. The molecular formula is C18H22FNO. The Hall–Kier alpha value is -2.03. The molecule has 0 saturated heterocycles. The molecule has 2 aromatic carbocycles. The lowest BCUT2D eigenvalue weighted by atomic mass is 10.1. The molecule has 0 amide bonds. The molecule has 0 aromatic heterocycles. The molecule has 0 bridgehead atoms. The van der Waals surface area contributed by atoms with E-state index in [9.17, 15) is 4.39 Å². The third-order valence-electron chi connectivity index (χ3n) is 3.15. The Kier molecular flexibility index (Phi) is 5.61. The number of ether oxygens (including phenoxy) is 1.